The Morgan fingerprint density at radius 2 is 2.21 bits per heavy atom. The van der Waals surface area contributed by atoms with Gasteiger partial charge in [0.1, 0.15) is 17.0 Å². The van der Waals surface area contributed by atoms with Crippen LogP contribution in [0.5, 0.6) is 0 Å². The first-order valence-corrected chi connectivity index (χ1v) is 6.44. The molecule has 0 aliphatic heterocycles. The average Bonchev–Trinajstić information content (AvgIpc) is 2.32. The van der Waals surface area contributed by atoms with Crippen molar-refractivity contribution in [1.29, 1.82) is 0 Å². The lowest BCUT2D eigenvalue weighted by Crippen LogP contribution is -2.42. The fraction of sp³-hybridized carbons (Fsp3) is 0.364. The first kappa shape index (κ1) is 15.6. The normalized spacial score (nSPS) is 13.7. The van der Waals surface area contributed by atoms with Crippen LogP contribution in [-0.4, -0.2) is 21.5 Å². The molecule has 1 unspecified atom stereocenters. The number of nitrogens with one attached hydrogen (secondary N) is 1. The molecule has 0 fully saturated rings. The van der Waals surface area contributed by atoms with Crippen LogP contribution in [0, 0.1) is 19.5 Å². The minimum atomic E-state index is -1.40. The SMILES string of the molecule is CCC(C)(Nc1cc(F)c(I)cc1[N+](=O)[O-])C(=O)O. The van der Waals surface area contributed by atoms with Crippen LogP contribution in [0.15, 0.2) is 12.1 Å². The fourth-order valence-electron chi connectivity index (χ4n) is 1.38. The molecule has 0 bridgehead atoms. The van der Waals surface area contributed by atoms with E-state index in [9.17, 15) is 19.3 Å². The number of aliphatic carboxylic acids is 1. The van der Waals surface area contributed by atoms with Crippen LogP contribution in [0.2, 0.25) is 0 Å². The van der Waals surface area contributed by atoms with Gasteiger partial charge < -0.3 is 10.4 Å². The van der Waals surface area contributed by atoms with Gasteiger partial charge in [0.25, 0.3) is 5.69 Å². The molecule has 2 N–H and O–H groups in total. The van der Waals surface area contributed by atoms with Crippen molar-refractivity contribution in [2.45, 2.75) is 25.8 Å². The van der Waals surface area contributed by atoms with E-state index >= 15 is 0 Å². The maximum absolute atomic E-state index is 13.5. The van der Waals surface area contributed by atoms with Crippen molar-refractivity contribution in [3.63, 3.8) is 0 Å². The standard InChI is InChI=1S/C11H12FIN2O4/c1-3-11(2,10(16)17)14-8-4-6(12)7(13)5-9(8)15(18)19/h4-5,14H,3H2,1-2H3,(H,16,17). The first-order chi connectivity index (χ1) is 8.71. The number of nitrogens with zero attached hydrogens (tertiary/aromatic N) is 1. The Morgan fingerprint density at radius 3 is 2.63 bits per heavy atom. The molecule has 0 radical (unpaired) electrons. The molecule has 104 valence electrons. The quantitative estimate of drug-likeness (QED) is 0.464. The Balaban J connectivity index is 3.30. The van der Waals surface area contributed by atoms with Gasteiger partial charge in [-0.05, 0) is 35.9 Å². The van der Waals surface area contributed by atoms with E-state index in [-0.39, 0.29) is 21.4 Å². The summed E-state index contributed by atoms with van der Waals surface area (Å²) in [4.78, 5) is 21.4. The molecule has 0 saturated carbocycles. The van der Waals surface area contributed by atoms with Crippen molar-refractivity contribution in [3.05, 3.63) is 31.6 Å². The second-order valence-electron chi connectivity index (χ2n) is 4.16. The summed E-state index contributed by atoms with van der Waals surface area (Å²) in [7, 11) is 0. The van der Waals surface area contributed by atoms with E-state index in [0.717, 1.165) is 12.1 Å². The van der Waals surface area contributed by atoms with Crippen LogP contribution in [-0.2, 0) is 4.79 Å². The van der Waals surface area contributed by atoms with Gasteiger partial charge in [0.15, 0.2) is 0 Å². The Morgan fingerprint density at radius 1 is 1.63 bits per heavy atom. The third kappa shape index (κ3) is 3.31. The van der Waals surface area contributed by atoms with Crippen molar-refractivity contribution < 1.29 is 19.2 Å². The minimum Gasteiger partial charge on any atom is -0.480 e. The molecule has 0 aliphatic rings. The van der Waals surface area contributed by atoms with E-state index in [1.54, 1.807) is 29.5 Å². The van der Waals surface area contributed by atoms with Crippen molar-refractivity contribution >= 4 is 39.9 Å². The van der Waals surface area contributed by atoms with E-state index in [1.807, 2.05) is 0 Å². The van der Waals surface area contributed by atoms with Crippen LogP contribution in [0.4, 0.5) is 15.8 Å². The van der Waals surface area contributed by atoms with Crippen molar-refractivity contribution in [2.24, 2.45) is 0 Å². The number of hydrogen-bond donors (Lipinski definition) is 2. The molecule has 19 heavy (non-hydrogen) atoms. The van der Waals surface area contributed by atoms with E-state index in [4.69, 9.17) is 5.11 Å². The summed E-state index contributed by atoms with van der Waals surface area (Å²) < 4.78 is 13.6. The van der Waals surface area contributed by atoms with Gasteiger partial charge in [-0.1, -0.05) is 6.92 Å². The van der Waals surface area contributed by atoms with E-state index in [1.165, 1.54) is 6.92 Å². The molecule has 1 aromatic carbocycles. The number of rotatable bonds is 5. The lowest BCUT2D eigenvalue weighted by atomic mass is 9.98. The smallest absolute Gasteiger partial charge is 0.329 e. The van der Waals surface area contributed by atoms with E-state index in [0.29, 0.717) is 0 Å². The predicted octanol–water partition coefficient (Wildman–Crippen LogP) is 3.00. The fourth-order valence-corrected chi connectivity index (χ4v) is 1.83. The molecule has 0 spiro atoms. The molecule has 1 rings (SSSR count). The number of carboxylic acid groups (broad SMARTS) is 1. The Hall–Kier alpha value is -1.45. The van der Waals surface area contributed by atoms with Gasteiger partial charge >= 0.3 is 5.97 Å². The molecule has 0 aromatic heterocycles. The molecule has 0 heterocycles. The number of carbonyl (C=O) groups is 1. The average molecular weight is 382 g/mol. The van der Waals surface area contributed by atoms with Crippen LogP contribution >= 0.6 is 22.6 Å². The maximum Gasteiger partial charge on any atom is 0.329 e. The molecule has 0 aliphatic carbocycles. The number of nitro groups is 1. The van der Waals surface area contributed by atoms with Crippen molar-refractivity contribution in [3.8, 4) is 0 Å². The van der Waals surface area contributed by atoms with Crippen LogP contribution in [0.3, 0.4) is 0 Å². The second-order valence-corrected chi connectivity index (χ2v) is 5.32. The number of nitro benzene ring substituents is 1. The van der Waals surface area contributed by atoms with Gasteiger partial charge in [0.2, 0.25) is 0 Å². The molecule has 1 aromatic rings. The van der Waals surface area contributed by atoms with Gasteiger partial charge in [0.05, 0.1) is 8.49 Å². The lowest BCUT2D eigenvalue weighted by Gasteiger charge is -2.25. The van der Waals surface area contributed by atoms with Crippen LogP contribution in [0.1, 0.15) is 20.3 Å². The zero-order valence-corrected chi connectivity index (χ0v) is 12.4. The summed E-state index contributed by atoms with van der Waals surface area (Å²) in [5.74, 6) is -1.80. The van der Waals surface area contributed by atoms with Crippen LogP contribution < -0.4 is 5.32 Å². The van der Waals surface area contributed by atoms with E-state index < -0.39 is 22.2 Å². The van der Waals surface area contributed by atoms with Gasteiger partial charge in [-0.15, -0.1) is 0 Å². The Labute approximate surface area is 122 Å². The van der Waals surface area contributed by atoms with Gasteiger partial charge in [-0.2, -0.15) is 0 Å². The Kier molecular flexibility index (Phi) is 4.66. The highest BCUT2D eigenvalue weighted by molar-refractivity contribution is 14.1. The maximum atomic E-state index is 13.5. The first-order valence-electron chi connectivity index (χ1n) is 5.36. The van der Waals surface area contributed by atoms with Gasteiger partial charge in [-0.3, -0.25) is 10.1 Å². The highest BCUT2D eigenvalue weighted by Gasteiger charge is 2.33. The number of anilines is 1. The van der Waals surface area contributed by atoms with Crippen molar-refractivity contribution in [2.75, 3.05) is 5.32 Å². The summed E-state index contributed by atoms with van der Waals surface area (Å²) in [6, 6.07) is 2.01. The summed E-state index contributed by atoms with van der Waals surface area (Å²) in [5.41, 5.74) is -1.90. The van der Waals surface area contributed by atoms with Crippen LogP contribution in [0.25, 0.3) is 0 Å². The number of benzene rings is 1. The lowest BCUT2D eigenvalue weighted by molar-refractivity contribution is -0.384. The topological polar surface area (TPSA) is 92.5 Å². The van der Waals surface area contributed by atoms with Gasteiger partial charge in [0, 0.05) is 12.1 Å². The monoisotopic (exact) mass is 382 g/mol. The van der Waals surface area contributed by atoms with Gasteiger partial charge in [-0.25, -0.2) is 9.18 Å². The predicted molar refractivity (Wildman–Crippen MR) is 75.7 cm³/mol. The zero-order valence-electron chi connectivity index (χ0n) is 10.2. The highest BCUT2D eigenvalue weighted by atomic mass is 127. The van der Waals surface area contributed by atoms with E-state index in [2.05, 4.69) is 5.32 Å². The third-order valence-corrected chi connectivity index (χ3v) is 3.65. The molecule has 0 saturated heterocycles. The minimum absolute atomic E-state index is 0.100. The zero-order chi connectivity index (χ0) is 14.8. The number of hydrogen-bond acceptors (Lipinski definition) is 4. The molecule has 0 amide bonds. The molecular weight excluding hydrogens is 370 g/mol. The molecule has 8 heteroatoms. The summed E-state index contributed by atoms with van der Waals surface area (Å²) in [6.07, 6.45) is 0.188. The summed E-state index contributed by atoms with van der Waals surface area (Å²) in [6.45, 7) is 3.00. The largest absolute Gasteiger partial charge is 0.480 e. The second kappa shape index (κ2) is 5.68. The number of halogens is 2. The molecular formula is C11H12FIN2O4. The highest BCUT2D eigenvalue weighted by Crippen LogP contribution is 2.31. The Bertz CT molecular complexity index is 538. The summed E-state index contributed by atoms with van der Waals surface area (Å²) in [5, 5.41) is 22.6. The molecule has 6 nitrogen and oxygen atoms in total. The third-order valence-electron chi connectivity index (χ3n) is 2.82. The molecule has 1 atom stereocenters. The number of carboxylic acids is 1. The summed E-state index contributed by atoms with van der Waals surface area (Å²) >= 11 is 1.64. The van der Waals surface area contributed by atoms with Crippen molar-refractivity contribution in [1.82, 2.24) is 0 Å².